The third-order valence-electron chi connectivity index (χ3n) is 6.37. The summed E-state index contributed by atoms with van der Waals surface area (Å²) in [4.78, 5) is 15.8. The summed E-state index contributed by atoms with van der Waals surface area (Å²) in [5, 5.41) is 10.0. The van der Waals surface area contributed by atoms with Gasteiger partial charge >= 0.3 is 12.3 Å². The highest BCUT2D eigenvalue weighted by Crippen LogP contribution is 2.35. The molecule has 0 spiro atoms. The first-order chi connectivity index (χ1) is 15.7. The number of alkyl halides is 3. The highest BCUT2D eigenvalue weighted by atomic mass is 19.4. The smallest absolute Gasteiger partial charge is 0.416 e. The average Bonchev–Trinajstić information content (AvgIpc) is 3.23. The zero-order chi connectivity index (χ0) is 24.2. The summed E-state index contributed by atoms with van der Waals surface area (Å²) in [5.74, 6) is 0. The van der Waals surface area contributed by atoms with Crippen LogP contribution in [0.3, 0.4) is 0 Å². The van der Waals surface area contributed by atoms with Crippen LogP contribution >= 0.6 is 0 Å². The van der Waals surface area contributed by atoms with Gasteiger partial charge in [0, 0.05) is 18.8 Å². The van der Waals surface area contributed by atoms with E-state index in [-0.39, 0.29) is 6.54 Å². The molecule has 0 aromatic heterocycles. The fourth-order valence-electron chi connectivity index (χ4n) is 4.68. The average molecular weight is 463 g/mol. The number of anilines is 1. The normalized spacial score (nSPS) is 14.1. The van der Waals surface area contributed by atoms with E-state index in [0.29, 0.717) is 5.56 Å². The first-order valence-corrected chi connectivity index (χ1v) is 11.7. The Labute approximate surface area is 194 Å². The van der Waals surface area contributed by atoms with Gasteiger partial charge in [0.2, 0.25) is 0 Å². The zero-order valence-corrected chi connectivity index (χ0v) is 19.6. The summed E-state index contributed by atoms with van der Waals surface area (Å²) in [6.07, 6.45) is -0.595. The highest BCUT2D eigenvalue weighted by molar-refractivity contribution is 5.67. The van der Waals surface area contributed by atoms with Crippen molar-refractivity contribution in [3.63, 3.8) is 0 Å². The van der Waals surface area contributed by atoms with E-state index >= 15 is 0 Å². The number of benzene rings is 2. The SMILES string of the molecule is CCCN(CCC)c1cc2c(cc1CN(C(=O)O)C(C)c1cccc(C(F)(F)F)c1)CCC2. The molecule has 1 aliphatic carbocycles. The molecule has 0 saturated heterocycles. The number of carboxylic acid groups (broad SMARTS) is 1. The molecule has 0 bridgehead atoms. The van der Waals surface area contributed by atoms with Gasteiger partial charge in [-0.05, 0) is 79.5 Å². The van der Waals surface area contributed by atoms with Crippen molar-refractivity contribution in [3.05, 3.63) is 64.2 Å². The van der Waals surface area contributed by atoms with Crippen molar-refractivity contribution in [1.82, 2.24) is 4.90 Å². The minimum absolute atomic E-state index is 0.124. The molecule has 7 heteroatoms. The van der Waals surface area contributed by atoms with Gasteiger partial charge in [-0.15, -0.1) is 0 Å². The predicted molar refractivity (Wildman–Crippen MR) is 125 cm³/mol. The molecule has 0 radical (unpaired) electrons. The zero-order valence-electron chi connectivity index (χ0n) is 19.6. The van der Waals surface area contributed by atoms with Crippen molar-refractivity contribution < 1.29 is 23.1 Å². The van der Waals surface area contributed by atoms with Crippen LogP contribution in [0, 0.1) is 0 Å². The summed E-state index contributed by atoms with van der Waals surface area (Å²) in [6, 6.07) is 8.54. The Hall–Kier alpha value is -2.70. The van der Waals surface area contributed by atoms with Crippen molar-refractivity contribution >= 4 is 11.8 Å². The third-order valence-corrected chi connectivity index (χ3v) is 6.37. The minimum atomic E-state index is -4.47. The Bertz CT molecular complexity index is 968. The summed E-state index contributed by atoms with van der Waals surface area (Å²) >= 11 is 0. The van der Waals surface area contributed by atoms with Crippen LogP contribution in [-0.4, -0.2) is 29.2 Å². The first kappa shape index (κ1) is 24.9. The quantitative estimate of drug-likeness (QED) is 0.434. The molecule has 180 valence electrons. The second-order valence-corrected chi connectivity index (χ2v) is 8.80. The molecule has 4 nitrogen and oxygen atoms in total. The lowest BCUT2D eigenvalue weighted by atomic mass is 10.00. The molecular formula is C26H33F3N2O2. The third kappa shape index (κ3) is 5.81. The van der Waals surface area contributed by atoms with E-state index < -0.39 is 23.9 Å². The fourth-order valence-corrected chi connectivity index (χ4v) is 4.68. The molecule has 33 heavy (non-hydrogen) atoms. The van der Waals surface area contributed by atoms with E-state index in [9.17, 15) is 23.1 Å². The summed E-state index contributed by atoms with van der Waals surface area (Å²) in [6.45, 7) is 7.75. The first-order valence-electron chi connectivity index (χ1n) is 11.7. The van der Waals surface area contributed by atoms with Crippen molar-refractivity contribution in [2.45, 2.75) is 71.6 Å². The number of nitrogens with zero attached hydrogens (tertiary/aromatic N) is 2. The largest absolute Gasteiger partial charge is 0.465 e. The molecule has 2 aromatic rings. The standard InChI is InChI=1S/C26H33F3N2O2/c1-4-12-30(13-5-2)24-16-21-10-6-9-20(21)14-22(24)17-31(25(32)33)18(3)19-8-7-11-23(15-19)26(27,28)29/h7-8,11,14-16,18H,4-6,9-10,12-13,17H2,1-3H3,(H,32,33). The van der Waals surface area contributed by atoms with Crippen LogP contribution in [0.5, 0.6) is 0 Å². The molecule has 2 aromatic carbocycles. The van der Waals surface area contributed by atoms with Crippen LogP contribution in [0.25, 0.3) is 0 Å². The van der Waals surface area contributed by atoms with Crippen LogP contribution in [-0.2, 0) is 25.6 Å². The van der Waals surface area contributed by atoms with Gasteiger partial charge < -0.3 is 10.0 Å². The number of hydrogen-bond acceptors (Lipinski definition) is 2. The predicted octanol–water partition coefficient (Wildman–Crippen LogP) is 7.06. The number of hydrogen-bond donors (Lipinski definition) is 1. The number of fused-ring (bicyclic) bond motifs is 1. The maximum atomic E-state index is 13.2. The number of carbonyl (C=O) groups is 1. The number of aryl methyl sites for hydroxylation is 2. The summed E-state index contributed by atoms with van der Waals surface area (Å²) < 4.78 is 39.6. The molecule has 0 heterocycles. The molecule has 0 saturated carbocycles. The molecule has 0 aliphatic heterocycles. The Morgan fingerprint density at radius 1 is 1.06 bits per heavy atom. The van der Waals surface area contributed by atoms with Crippen molar-refractivity contribution in [1.29, 1.82) is 0 Å². The molecule has 1 N–H and O–H groups in total. The van der Waals surface area contributed by atoms with Gasteiger partial charge in [-0.25, -0.2) is 4.79 Å². The topological polar surface area (TPSA) is 43.8 Å². The van der Waals surface area contributed by atoms with Crippen molar-refractivity contribution in [2.24, 2.45) is 0 Å². The van der Waals surface area contributed by atoms with Gasteiger partial charge in [-0.1, -0.05) is 32.0 Å². The van der Waals surface area contributed by atoms with Crippen LogP contribution in [0.1, 0.15) is 73.9 Å². The van der Waals surface area contributed by atoms with Crippen LogP contribution < -0.4 is 4.90 Å². The van der Waals surface area contributed by atoms with Gasteiger partial charge in [0.05, 0.1) is 18.2 Å². The number of amides is 1. The second-order valence-electron chi connectivity index (χ2n) is 8.80. The minimum Gasteiger partial charge on any atom is -0.465 e. The van der Waals surface area contributed by atoms with E-state index in [4.69, 9.17) is 0 Å². The molecule has 1 atom stereocenters. The molecular weight excluding hydrogens is 429 g/mol. The fraction of sp³-hybridized carbons (Fsp3) is 0.500. The molecule has 1 aliphatic rings. The molecule has 1 unspecified atom stereocenters. The van der Waals surface area contributed by atoms with Gasteiger partial charge in [0.15, 0.2) is 0 Å². The van der Waals surface area contributed by atoms with Crippen LogP contribution in [0.2, 0.25) is 0 Å². The lowest BCUT2D eigenvalue weighted by Crippen LogP contribution is -2.33. The summed E-state index contributed by atoms with van der Waals surface area (Å²) in [7, 11) is 0. The van der Waals surface area contributed by atoms with Gasteiger partial charge in [-0.3, -0.25) is 4.90 Å². The van der Waals surface area contributed by atoms with E-state index in [1.54, 1.807) is 13.0 Å². The van der Waals surface area contributed by atoms with E-state index in [0.717, 1.165) is 68.6 Å². The van der Waals surface area contributed by atoms with Gasteiger partial charge in [0.1, 0.15) is 0 Å². The lowest BCUT2D eigenvalue weighted by Gasteiger charge is -2.32. The van der Waals surface area contributed by atoms with Crippen molar-refractivity contribution in [2.75, 3.05) is 18.0 Å². The summed E-state index contributed by atoms with van der Waals surface area (Å²) in [5.41, 5.74) is 4.08. The van der Waals surface area contributed by atoms with Gasteiger partial charge in [-0.2, -0.15) is 13.2 Å². The monoisotopic (exact) mass is 462 g/mol. The van der Waals surface area contributed by atoms with E-state index in [1.165, 1.54) is 22.1 Å². The lowest BCUT2D eigenvalue weighted by molar-refractivity contribution is -0.137. The van der Waals surface area contributed by atoms with E-state index in [1.807, 2.05) is 0 Å². The Kier molecular flexibility index (Phi) is 7.92. The van der Waals surface area contributed by atoms with Crippen molar-refractivity contribution in [3.8, 4) is 0 Å². The van der Waals surface area contributed by atoms with Crippen LogP contribution in [0.15, 0.2) is 36.4 Å². The molecule has 3 rings (SSSR count). The number of halogens is 3. The van der Waals surface area contributed by atoms with E-state index in [2.05, 4.69) is 30.9 Å². The molecule has 0 fully saturated rings. The Morgan fingerprint density at radius 3 is 2.27 bits per heavy atom. The Morgan fingerprint density at radius 2 is 1.70 bits per heavy atom. The van der Waals surface area contributed by atoms with Gasteiger partial charge in [0.25, 0.3) is 0 Å². The maximum Gasteiger partial charge on any atom is 0.416 e. The maximum absolute atomic E-state index is 13.2. The second kappa shape index (κ2) is 10.5. The number of rotatable bonds is 9. The highest BCUT2D eigenvalue weighted by Gasteiger charge is 2.32. The Balaban J connectivity index is 1.99. The van der Waals surface area contributed by atoms with Crippen LogP contribution in [0.4, 0.5) is 23.7 Å². The molecule has 1 amide bonds.